The number of amides is 2. The average Bonchev–Trinajstić information content (AvgIpc) is 3.23. The van der Waals surface area contributed by atoms with E-state index < -0.39 is 0 Å². The van der Waals surface area contributed by atoms with E-state index >= 15 is 0 Å². The molecule has 6 nitrogen and oxygen atoms in total. The largest absolute Gasteiger partial charge is 0.372 e. The fourth-order valence-electron chi connectivity index (χ4n) is 3.31. The molecule has 144 valence electrons. The number of nitrogens with zero attached hydrogens (tertiary/aromatic N) is 3. The molecule has 7 heteroatoms. The van der Waals surface area contributed by atoms with Crippen molar-refractivity contribution in [3.05, 3.63) is 34.3 Å². The minimum absolute atomic E-state index is 0.0820. The second-order valence-corrected chi connectivity index (χ2v) is 7.66. The third-order valence-corrected chi connectivity index (χ3v) is 6.06. The van der Waals surface area contributed by atoms with Gasteiger partial charge in [0.2, 0.25) is 5.91 Å². The SMILES string of the molecule is CCN(CC)c1ccc(NC(=O)c2sc(N3CCCC3=O)nc2C)c(C)c1. The Kier molecular flexibility index (Phi) is 5.79. The lowest BCUT2D eigenvalue weighted by Gasteiger charge is -2.22. The first-order valence-electron chi connectivity index (χ1n) is 9.39. The van der Waals surface area contributed by atoms with Gasteiger partial charge in [-0.2, -0.15) is 0 Å². The zero-order chi connectivity index (χ0) is 19.6. The normalized spacial score (nSPS) is 13.9. The fourth-order valence-corrected chi connectivity index (χ4v) is 4.32. The third kappa shape index (κ3) is 3.98. The highest BCUT2D eigenvalue weighted by Crippen LogP contribution is 2.30. The van der Waals surface area contributed by atoms with Gasteiger partial charge in [-0.05, 0) is 57.9 Å². The van der Waals surface area contributed by atoms with Gasteiger partial charge in [0.1, 0.15) is 4.88 Å². The molecule has 0 atom stereocenters. The van der Waals surface area contributed by atoms with Gasteiger partial charge < -0.3 is 10.2 Å². The molecule has 0 aliphatic carbocycles. The molecule has 1 aliphatic rings. The Morgan fingerprint density at radius 1 is 1.30 bits per heavy atom. The summed E-state index contributed by atoms with van der Waals surface area (Å²) in [5.74, 6) is -0.0971. The Hall–Kier alpha value is -2.41. The van der Waals surface area contributed by atoms with Crippen LogP contribution in [0.25, 0.3) is 0 Å². The smallest absolute Gasteiger partial charge is 0.267 e. The number of benzene rings is 1. The van der Waals surface area contributed by atoms with Crippen LogP contribution in [0, 0.1) is 13.8 Å². The van der Waals surface area contributed by atoms with Crippen LogP contribution >= 0.6 is 11.3 Å². The second kappa shape index (κ2) is 8.08. The molecule has 2 aromatic rings. The van der Waals surface area contributed by atoms with Crippen molar-refractivity contribution >= 4 is 39.7 Å². The summed E-state index contributed by atoms with van der Waals surface area (Å²) in [6.07, 6.45) is 1.40. The Morgan fingerprint density at radius 3 is 2.63 bits per heavy atom. The molecule has 2 amide bonds. The molecule has 1 aliphatic heterocycles. The zero-order valence-corrected chi connectivity index (χ0v) is 17.2. The van der Waals surface area contributed by atoms with Crippen LogP contribution in [0.2, 0.25) is 0 Å². The predicted octanol–water partition coefficient (Wildman–Crippen LogP) is 3.99. The van der Waals surface area contributed by atoms with Crippen LogP contribution in [0.3, 0.4) is 0 Å². The van der Waals surface area contributed by atoms with Gasteiger partial charge in [-0.3, -0.25) is 14.5 Å². The van der Waals surface area contributed by atoms with E-state index in [0.717, 1.165) is 36.4 Å². The van der Waals surface area contributed by atoms with Crippen molar-refractivity contribution in [3.8, 4) is 0 Å². The summed E-state index contributed by atoms with van der Waals surface area (Å²) in [4.78, 5) is 33.6. The molecule has 0 radical (unpaired) electrons. The van der Waals surface area contributed by atoms with E-state index in [-0.39, 0.29) is 11.8 Å². The number of aromatic nitrogens is 1. The van der Waals surface area contributed by atoms with Crippen LogP contribution in [-0.2, 0) is 4.79 Å². The van der Waals surface area contributed by atoms with Crippen molar-refractivity contribution in [2.75, 3.05) is 34.8 Å². The van der Waals surface area contributed by atoms with Crippen molar-refractivity contribution < 1.29 is 9.59 Å². The topological polar surface area (TPSA) is 65.5 Å². The van der Waals surface area contributed by atoms with Crippen LogP contribution in [0.1, 0.15) is 47.6 Å². The number of hydrogen-bond acceptors (Lipinski definition) is 5. The van der Waals surface area contributed by atoms with E-state index in [4.69, 9.17) is 0 Å². The molecule has 1 saturated heterocycles. The Labute approximate surface area is 164 Å². The zero-order valence-electron chi connectivity index (χ0n) is 16.3. The molecule has 27 heavy (non-hydrogen) atoms. The van der Waals surface area contributed by atoms with Gasteiger partial charge >= 0.3 is 0 Å². The lowest BCUT2D eigenvalue weighted by molar-refractivity contribution is -0.117. The lowest BCUT2D eigenvalue weighted by Crippen LogP contribution is -2.23. The summed E-state index contributed by atoms with van der Waals surface area (Å²) < 4.78 is 0. The molecule has 3 rings (SSSR count). The molecule has 1 N–H and O–H groups in total. The maximum Gasteiger partial charge on any atom is 0.267 e. The van der Waals surface area contributed by atoms with Gasteiger partial charge in [-0.25, -0.2) is 4.98 Å². The maximum atomic E-state index is 12.8. The van der Waals surface area contributed by atoms with Crippen LogP contribution < -0.4 is 15.1 Å². The van der Waals surface area contributed by atoms with Crippen LogP contribution in [0.15, 0.2) is 18.2 Å². The number of aryl methyl sites for hydroxylation is 2. The number of carbonyl (C=O) groups excluding carboxylic acids is 2. The lowest BCUT2D eigenvalue weighted by atomic mass is 10.1. The van der Waals surface area contributed by atoms with Crippen molar-refractivity contribution in [1.82, 2.24) is 4.98 Å². The van der Waals surface area contributed by atoms with Gasteiger partial charge in [0.05, 0.1) is 5.69 Å². The Balaban J connectivity index is 1.78. The third-order valence-electron chi connectivity index (χ3n) is 4.88. The first kappa shape index (κ1) is 19.4. The summed E-state index contributed by atoms with van der Waals surface area (Å²) in [6, 6.07) is 6.07. The molecular formula is C20H26N4O2S. The summed E-state index contributed by atoms with van der Waals surface area (Å²) in [5.41, 5.74) is 3.62. The Bertz CT molecular complexity index is 858. The fraction of sp³-hybridized carbons (Fsp3) is 0.450. The van der Waals surface area contributed by atoms with Crippen molar-refractivity contribution in [2.24, 2.45) is 0 Å². The molecule has 0 unspecified atom stereocenters. The van der Waals surface area contributed by atoms with Crippen LogP contribution in [-0.4, -0.2) is 36.4 Å². The summed E-state index contributed by atoms with van der Waals surface area (Å²) in [5, 5.41) is 3.61. The number of carbonyl (C=O) groups is 2. The predicted molar refractivity (Wildman–Crippen MR) is 111 cm³/mol. The minimum atomic E-state index is -0.179. The second-order valence-electron chi connectivity index (χ2n) is 6.69. The number of thiazole rings is 1. The molecule has 0 spiro atoms. The van der Waals surface area contributed by atoms with Crippen molar-refractivity contribution in [2.45, 2.75) is 40.5 Å². The highest BCUT2D eigenvalue weighted by Gasteiger charge is 2.26. The van der Waals surface area contributed by atoms with Gasteiger partial charge in [0, 0.05) is 37.4 Å². The molecule has 0 bridgehead atoms. The summed E-state index contributed by atoms with van der Waals surface area (Å²) in [7, 11) is 0. The molecular weight excluding hydrogens is 360 g/mol. The standard InChI is InChI=1S/C20H26N4O2S/c1-5-23(6-2)15-9-10-16(13(3)12-15)22-19(26)18-14(4)21-20(27-18)24-11-7-8-17(24)25/h9-10,12H,5-8,11H2,1-4H3,(H,22,26). The van der Waals surface area contributed by atoms with Crippen molar-refractivity contribution in [3.63, 3.8) is 0 Å². The van der Waals surface area contributed by atoms with E-state index in [1.807, 2.05) is 26.0 Å². The van der Waals surface area contributed by atoms with Gasteiger partial charge in [0.25, 0.3) is 5.91 Å². The molecule has 1 aromatic heterocycles. The first-order valence-corrected chi connectivity index (χ1v) is 10.2. The molecule has 2 heterocycles. The van der Waals surface area contributed by atoms with Gasteiger partial charge in [-0.15, -0.1) is 0 Å². The molecule has 1 fully saturated rings. The van der Waals surface area contributed by atoms with E-state index in [9.17, 15) is 9.59 Å². The van der Waals surface area contributed by atoms with Crippen molar-refractivity contribution in [1.29, 1.82) is 0 Å². The number of hydrogen-bond donors (Lipinski definition) is 1. The number of anilines is 3. The van der Waals surface area contributed by atoms with Crippen LogP contribution in [0.5, 0.6) is 0 Å². The van der Waals surface area contributed by atoms with Gasteiger partial charge in [0.15, 0.2) is 5.13 Å². The highest BCUT2D eigenvalue weighted by atomic mass is 32.1. The van der Waals surface area contributed by atoms with E-state index in [1.54, 1.807) is 4.90 Å². The summed E-state index contributed by atoms with van der Waals surface area (Å²) >= 11 is 1.28. The van der Waals surface area contributed by atoms with Crippen LogP contribution in [0.4, 0.5) is 16.5 Å². The van der Waals surface area contributed by atoms with E-state index in [2.05, 4.69) is 35.1 Å². The molecule has 0 saturated carbocycles. The molecule has 1 aromatic carbocycles. The maximum absolute atomic E-state index is 12.8. The monoisotopic (exact) mass is 386 g/mol. The number of rotatable bonds is 6. The number of nitrogens with one attached hydrogen (secondary N) is 1. The Morgan fingerprint density at radius 2 is 2.04 bits per heavy atom. The van der Waals surface area contributed by atoms with E-state index in [0.29, 0.717) is 28.7 Å². The average molecular weight is 387 g/mol. The van der Waals surface area contributed by atoms with Gasteiger partial charge in [-0.1, -0.05) is 11.3 Å². The summed E-state index contributed by atoms with van der Waals surface area (Å²) in [6.45, 7) is 10.6. The quantitative estimate of drug-likeness (QED) is 0.815. The van der Waals surface area contributed by atoms with E-state index in [1.165, 1.54) is 11.3 Å². The highest BCUT2D eigenvalue weighted by molar-refractivity contribution is 7.18. The first-order chi connectivity index (χ1) is 12.9. The minimum Gasteiger partial charge on any atom is -0.372 e.